The molecule has 1 aliphatic heterocycles. The van der Waals surface area contributed by atoms with E-state index in [4.69, 9.17) is 4.74 Å². The molecule has 0 unspecified atom stereocenters. The van der Waals surface area contributed by atoms with Crippen LogP contribution in [-0.2, 0) is 4.79 Å². The number of aliphatic carboxylic acids is 1. The van der Waals surface area contributed by atoms with E-state index in [-0.39, 0.29) is 6.54 Å². The summed E-state index contributed by atoms with van der Waals surface area (Å²) >= 11 is 0. The number of alkyl halides is 1. The van der Waals surface area contributed by atoms with Gasteiger partial charge in [0, 0.05) is 25.0 Å². The number of hydrogen-bond donors (Lipinski definition) is 1. The maximum absolute atomic E-state index is 15.4. The number of rotatable bonds is 4. The summed E-state index contributed by atoms with van der Waals surface area (Å²) in [6.07, 6.45) is 4.35. The fourth-order valence-corrected chi connectivity index (χ4v) is 4.16. The smallest absolute Gasteiger partial charge is 0.343 e. The first-order valence-electron chi connectivity index (χ1n) is 8.74. The van der Waals surface area contributed by atoms with E-state index in [1.165, 1.54) is 0 Å². The van der Waals surface area contributed by atoms with Crippen LogP contribution < -0.4 is 4.74 Å². The Hall–Kier alpha value is -1.62. The van der Waals surface area contributed by atoms with E-state index in [1.807, 2.05) is 0 Å². The maximum atomic E-state index is 15.4. The molecule has 5 heteroatoms. The summed E-state index contributed by atoms with van der Waals surface area (Å²) in [6.45, 7) is 2.70. The summed E-state index contributed by atoms with van der Waals surface area (Å²) in [6, 6.07) is 7.41. The van der Waals surface area contributed by atoms with Crippen LogP contribution in [0.1, 0.15) is 44.1 Å². The summed E-state index contributed by atoms with van der Waals surface area (Å²) < 4.78 is 20.5. The molecule has 0 bridgehead atoms. The van der Waals surface area contributed by atoms with Gasteiger partial charge in [0.1, 0.15) is 5.75 Å². The minimum Gasteiger partial charge on any atom is -0.497 e. The van der Waals surface area contributed by atoms with Crippen LogP contribution in [0.2, 0.25) is 0 Å². The minimum atomic E-state index is -2.22. The van der Waals surface area contributed by atoms with Crippen molar-refractivity contribution in [1.82, 2.24) is 4.90 Å². The van der Waals surface area contributed by atoms with Gasteiger partial charge >= 0.3 is 5.97 Å². The number of methoxy groups -OCH3 is 1. The van der Waals surface area contributed by atoms with E-state index in [2.05, 4.69) is 11.8 Å². The van der Waals surface area contributed by atoms with Gasteiger partial charge in [0.15, 0.2) is 0 Å². The molecule has 0 aromatic heterocycles. The highest BCUT2D eigenvalue weighted by Gasteiger charge is 2.55. The number of ether oxygens (including phenoxy) is 1. The van der Waals surface area contributed by atoms with Gasteiger partial charge in [-0.25, -0.2) is 9.18 Å². The monoisotopic (exact) mass is 335 g/mol. The van der Waals surface area contributed by atoms with Gasteiger partial charge in [-0.05, 0) is 49.3 Å². The van der Waals surface area contributed by atoms with E-state index in [1.54, 1.807) is 31.4 Å². The molecule has 2 atom stereocenters. The average molecular weight is 335 g/mol. The van der Waals surface area contributed by atoms with Crippen molar-refractivity contribution in [2.75, 3.05) is 20.2 Å². The number of benzene rings is 1. The molecule has 2 aliphatic rings. The van der Waals surface area contributed by atoms with Crippen molar-refractivity contribution < 1.29 is 19.0 Å². The van der Waals surface area contributed by atoms with Crippen molar-refractivity contribution >= 4 is 5.97 Å². The summed E-state index contributed by atoms with van der Waals surface area (Å²) in [4.78, 5) is 13.7. The van der Waals surface area contributed by atoms with Gasteiger partial charge in [-0.2, -0.15) is 0 Å². The number of carbonyl (C=O) groups is 1. The van der Waals surface area contributed by atoms with Gasteiger partial charge in [0.25, 0.3) is 0 Å². The Morgan fingerprint density at radius 2 is 1.88 bits per heavy atom. The first-order chi connectivity index (χ1) is 11.4. The predicted molar refractivity (Wildman–Crippen MR) is 90.2 cm³/mol. The molecule has 24 heavy (non-hydrogen) atoms. The highest BCUT2D eigenvalue weighted by molar-refractivity contribution is 5.80. The zero-order chi connectivity index (χ0) is 17.3. The van der Waals surface area contributed by atoms with Crippen molar-refractivity contribution in [3.05, 3.63) is 29.8 Å². The molecule has 0 amide bonds. The van der Waals surface area contributed by atoms with Crippen LogP contribution in [0.4, 0.5) is 4.39 Å². The van der Waals surface area contributed by atoms with Crippen molar-refractivity contribution in [1.29, 1.82) is 0 Å². The standard InChI is InChI=1S/C19H26FNO3/c1-13-3-7-15(8-4-13)21-11-17(19(20,12-21)18(22)23)14-5-9-16(24-2)10-6-14/h5-6,9-10,13,15,17H,3-4,7-8,11-12H2,1-2H3,(H,22,23)/t13?,15?,17-,19-/m0/s1. The van der Waals surface area contributed by atoms with E-state index in [0.29, 0.717) is 18.3 Å². The molecule has 0 spiro atoms. The second-order valence-corrected chi connectivity index (χ2v) is 7.34. The summed E-state index contributed by atoms with van der Waals surface area (Å²) in [5, 5.41) is 9.54. The Morgan fingerprint density at radius 3 is 2.42 bits per heavy atom. The molecule has 0 radical (unpaired) electrons. The van der Waals surface area contributed by atoms with Crippen LogP contribution in [0.3, 0.4) is 0 Å². The van der Waals surface area contributed by atoms with E-state index in [9.17, 15) is 9.90 Å². The van der Waals surface area contributed by atoms with E-state index >= 15 is 4.39 Å². The van der Waals surface area contributed by atoms with Gasteiger partial charge < -0.3 is 9.84 Å². The van der Waals surface area contributed by atoms with Crippen LogP contribution in [0.25, 0.3) is 0 Å². The number of carboxylic acids is 1. The lowest BCUT2D eigenvalue weighted by Gasteiger charge is -2.33. The summed E-state index contributed by atoms with van der Waals surface area (Å²) in [7, 11) is 1.58. The molecule has 1 aromatic rings. The first-order valence-corrected chi connectivity index (χ1v) is 8.74. The fourth-order valence-electron chi connectivity index (χ4n) is 4.16. The lowest BCUT2D eigenvalue weighted by molar-refractivity contribution is -0.151. The van der Waals surface area contributed by atoms with E-state index < -0.39 is 17.6 Å². The highest BCUT2D eigenvalue weighted by atomic mass is 19.1. The number of hydrogen-bond acceptors (Lipinski definition) is 3. The number of halogens is 1. The lowest BCUT2D eigenvalue weighted by atomic mass is 9.86. The molecule has 4 nitrogen and oxygen atoms in total. The molecule has 1 saturated heterocycles. The minimum absolute atomic E-state index is 0.0158. The third kappa shape index (κ3) is 3.14. The molecule has 132 valence electrons. The van der Waals surface area contributed by atoms with E-state index in [0.717, 1.165) is 37.2 Å². The van der Waals surface area contributed by atoms with Crippen LogP contribution in [0.15, 0.2) is 24.3 Å². The Kier molecular flexibility index (Phi) is 4.81. The molecule has 1 saturated carbocycles. The highest BCUT2D eigenvalue weighted by Crippen LogP contribution is 2.42. The molecule has 1 N–H and O–H groups in total. The van der Waals surface area contributed by atoms with Gasteiger partial charge in [-0.1, -0.05) is 19.1 Å². The summed E-state index contributed by atoms with van der Waals surface area (Å²) in [5.41, 5.74) is -1.50. The van der Waals surface area contributed by atoms with Crippen LogP contribution in [0.5, 0.6) is 5.75 Å². The number of carboxylic acid groups (broad SMARTS) is 1. The molecule has 1 aliphatic carbocycles. The maximum Gasteiger partial charge on any atom is 0.343 e. The lowest BCUT2D eigenvalue weighted by Crippen LogP contribution is -2.43. The molecule has 2 fully saturated rings. The van der Waals surface area contributed by atoms with Crippen LogP contribution in [-0.4, -0.2) is 47.9 Å². The average Bonchev–Trinajstić information content (AvgIpc) is 2.95. The van der Waals surface area contributed by atoms with Gasteiger partial charge in [-0.3, -0.25) is 4.90 Å². The van der Waals surface area contributed by atoms with Crippen LogP contribution >= 0.6 is 0 Å². The Morgan fingerprint density at radius 1 is 1.25 bits per heavy atom. The Labute approximate surface area is 142 Å². The van der Waals surface area contributed by atoms with Gasteiger partial charge in [-0.15, -0.1) is 0 Å². The Balaban J connectivity index is 1.82. The first kappa shape index (κ1) is 17.2. The molecule has 3 rings (SSSR count). The Bertz CT molecular complexity index is 583. The SMILES string of the molecule is COc1ccc([C@@H]2CN(C3CCC(C)CC3)C[C@@]2(F)C(=O)O)cc1. The van der Waals surface area contributed by atoms with Gasteiger partial charge in [0.2, 0.25) is 5.67 Å². The van der Waals surface area contributed by atoms with Crippen molar-refractivity contribution in [2.45, 2.75) is 50.2 Å². The van der Waals surface area contributed by atoms with Crippen molar-refractivity contribution in [3.8, 4) is 5.75 Å². The van der Waals surface area contributed by atoms with Crippen molar-refractivity contribution in [3.63, 3.8) is 0 Å². The molecular formula is C19H26FNO3. The zero-order valence-electron chi connectivity index (χ0n) is 14.4. The number of likely N-dealkylation sites (tertiary alicyclic amines) is 1. The largest absolute Gasteiger partial charge is 0.497 e. The normalized spacial score (nSPS) is 34.2. The second kappa shape index (κ2) is 6.71. The zero-order valence-corrected chi connectivity index (χ0v) is 14.4. The summed E-state index contributed by atoms with van der Waals surface area (Å²) in [5.74, 6) is -0.583. The van der Waals surface area contributed by atoms with Crippen LogP contribution in [0, 0.1) is 5.92 Å². The third-order valence-electron chi connectivity index (χ3n) is 5.78. The molecule has 1 heterocycles. The fraction of sp³-hybridized carbons (Fsp3) is 0.632. The molecule has 1 aromatic carbocycles. The number of nitrogens with zero attached hydrogens (tertiary/aromatic N) is 1. The third-order valence-corrected chi connectivity index (χ3v) is 5.78. The predicted octanol–water partition coefficient (Wildman–Crippen LogP) is 3.47. The van der Waals surface area contributed by atoms with Gasteiger partial charge in [0.05, 0.1) is 7.11 Å². The van der Waals surface area contributed by atoms with Crippen molar-refractivity contribution in [2.24, 2.45) is 5.92 Å². The second-order valence-electron chi connectivity index (χ2n) is 7.34. The quantitative estimate of drug-likeness (QED) is 0.915. The molecular weight excluding hydrogens is 309 g/mol. The topological polar surface area (TPSA) is 49.8 Å².